The summed E-state index contributed by atoms with van der Waals surface area (Å²) in [6.45, 7) is 3.64. The van der Waals surface area contributed by atoms with E-state index in [1.165, 1.54) is 4.31 Å². The van der Waals surface area contributed by atoms with Crippen LogP contribution in [0.5, 0.6) is 0 Å². The maximum absolute atomic E-state index is 12.4. The minimum absolute atomic E-state index is 0.0393. The third-order valence-electron chi connectivity index (χ3n) is 3.60. The number of hydrogen-bond donors (Lipinski definition) is 0. The number of nitrogens with zero attached hydrogens (tertiary/aromatic N) is 1. The minimum Gasteiger partial charge on any atom is -0.459 e. The zero-order valence-electron chi connectivity index (χ0n) is 12.4. The Balaban J connectivity index is 2.24. The van der Waals surface area contributed by atoms with Crippen LogP contribution in [0.2, 0.25) is 0 Å². The summed E-state index contributed by atoms with van der Waals surface area (Å²) >= 11 is 5.71. The molecule has 116 valence electrons. The molecule has 0 fully saturated rings. The Kier molecular flexibility index (Phi) is 4.96. The van der Waals surface area contributed by atoms with Crippen LogP contribution in [0.3, 0.4) is 0 Å². The molecule has 2 atom stereocenters. The van der Waals surface area contributed by atoms with Gasteiger partial charge in [0.15, 0.2) is 0 Å². The average Bonchev–Trinajstić information content (AvgIpc) is 2.88. The van der Waals surface area contributed by atoms with E-state index in [0.29, 0.717) is 11.6 Å². The van der Waals surface area contributed by atoms with Crippen LogP contribution in [0.15, 0.2) is 34.7 Å². The monoisotopic (exact) mass is 329 g/mol. The molecule has 0 aliphatic carbocycles. The predicted molar refractivity (Wildman–Crippen MR) is 86.1 cm³/mol. The average molecular weight is 330 g/mol. The van der Waals surface area contributed by atoms with Crippen molar-refractivity contribution in [1.29, 1.82) is 0 Å². The largest absolute Gasteiger partial charge is 0.459 e. The summed E-state index contributed by atoms with van der Waals surface area (Å²) in [7, 11) is -1.79. The number of para-hydroxylation sites is 1. The van der Waals surface area contributed by atoms with Crippen molar-refractivity contribution < 1.29 is 12.8 Å². The van der Waals surface area contributed by atoms with E-state index in [0.717, 1.165) is 11.0 Å². The number of fused-ring (bicyclic) bond motifs is 1. The second-order valence-electron chi connectivity index (χ2n) is 5.42. The van der Waals surface area contributed by atoms with E-state index < -0.39 is 10.0 Å². The van der Waals surface area contributed by atoms with E-state index in [1.807, 2.05) is 44.2 Å². The normalized spacial score (nSPS) is 15.5. The van der Waals surface area contributed by atoms with Crippen molar-refractivity contribution in [3.05, 3.63) is 36.1 Å². The highest BCUT2D eigenvalue weighted by Crippen LogP contribution is 2.28. The van der Waals surface area contributed by atoms with E-state index in [2.05, 4.69) is 0 Å². The Bertz CT molecular complexity index is 678. The van der Waals surface area contributed by atoms with E-state index >= 15 is 0 Å². The molecule has 2 unspecified atom stereocenters. The van der Waals surface area contributed by atoms with E-state index in [1.54, 1.807) is 7.05 Å². The molecule has 2 aromatic rings. The van der Waals surface area contributed by atoms with Gasteiger partial charge in [0.25, 0.3) is 0 Å². The van der Waals surface area contributed by atoms with Gasteiger partial charge >= 0.3 is 0 Å². The molecule has 0 radical (unpaired) electrons. The summed E-state index contributed by atoms with van der Waals surface area (Å²) in [4.78, 5) is 0. The molecule has 1 aromatic carbocycles. The second kappa shape index (κ2) is 6.38. The Morgan fingerprint density at radius 1 is 1.29 bits per heavy atom. The van der Waals surface area contributed by atoms with Crippen LogP contribution in [-0.2, 0) is 10.0 Å². The van der Waals surface area contributed by atoms with E-state index in [9.17, 15) is 8.42 Å². The summed E-state index contributed by atoms with van der Waals surface area (Å²) in [6, 6.07) is 9.16. The lowest BCUT2D eigenvalue weighted by Gasteiger charge is -2.23. The number of furan rings is 1. The zero-order chi connectivity index (χ0) is 15.6. The third kappa shape index (κ3) is 3.59. The van der Waals surface area contributed by atoms with Gasteiger partial charge in [0.1, 0.15) is 11.3 Å². The lowest BCUT2D eigenvalue weighted by molar-refractivity contribution is 0.346. The van der Waals surface area contributed by atoms with Gasteiger partial charge in [-0.1, -0.05) is 25.1 Å². The molecule has 2 rings (SSSR count). The van der Waals surface area contributed by atoms with Gasteiger partial charge in [0.05, 0.1) is 11.8 Å². The van der Waals surface area contributed by atoms with Gasteiger partial charge in [0, 0.05) is 18.3 Å². The first-order chi connectivity index (χ1) is 9.85. The summed E-state index contributed by atoms with van der Waals surface area (Å²) in [5, 5.41) is 0.972. The highest BCUT2D eigenvalue weighted by atomic mass is 35.5. The number of hydrogen-bond acceptors (Lipinski definition) is 3. The van der Waals surface area contributed by atoms with Gasteiger partial charge in [-0.05, 0) is 25.0 Å². The van der Waals surface area contributed by atoms with Gasteiger partial charge < -0.3 is 4.42 Å². The smallest absolute Gasteiger partial charge is 0.214 e. The lowest BCUT2D eigenvalue weighted by atomic mass is 10.2. The zero-order valence-corrected chi connectivity index (χ0v) is 14.0. The van der Waals surface area contributed by atoms with Crippen LogP contribution in [0.1, 0.15) is 25.6 Å². The van der Waals surface area contributed by atoms with Gasteiger partial charge in [-0.3, -0.25) is 0 Å². The van der Waals surface area contributed by atoms with Crippen LogP contribution in [0.4, 0.5) is 0 Å². The number of rotatable bonds is 6. The lowest BCUT2D eigenvalue weighted by Crippen LogP contribution is -2.33. The molecular formula is C15H20ClNO3S. The predicted octanol–water partition coefficient (Wildman–Crippen LogP) is 3.63. The maximum atomic E-state index is 12.4. The van der Waals surface area contributed by atoms with Crippen LogP contribution >= 0.6 is 11.6 Å². The standard InChI is InChI=1S/C15H20ClNO3S/c1-11(9-16)10-21(18,19)17(3)12(2)15-8-13-6-4-5-7-14(13)20-15/h4-8,11-12H,9-10H2,1-3H3. The topological polar surface area (TPSA) is 50.5 Å². The van der Waals surface area contributed by atoms with Crippen molar-refractivity contribution in [2.45, 2.75) is 19.9 Å². The number of halogens is 1. The van der Waals surface area contributed by atoms with Crippen molar-refractivity contribution in [3.8, 4) is 0 Å². The van der Waals surface area contributed by atoms with Crippen molar-refractivity contribution in [1.82, 2.24) is 4.31 Å². The number of benzene rings is 1. The fraction of sp³-hybridized carbons (Fsp3) is 0.467. The highest BCUT2D eigenvalue weighted by molar-refractivity contribution is 7.89. The molecule has 0 saturated heterocycles. The van der Waals surface area contributed by atoms with Crippen molar-refractivity contribution in [2.24, 2.45) is 5.92 Å². The molecule has 0 aliphatic rings. The fourth-order valence-corrected chi connectivity index (χ4v) is 4.05. The molecule has 0 saturated carbocycles. The first-order valence-corrected chi connectivity index (χ1v) is 8.99. The highest BCUT2D eigenvalue weighted by Gasteiger charge is 2.27. The van der Waals surface area contributed by atoms with E-state index in [4.69, 9.17) is 16.0 Å². The first-order valence-electron chi connectivity index (χ1n) is 6.85. The Hall–Kier alpha value is -1.04. The van der Waals surface area contributed by atoms with Crippen LogP contribution in [0, 0.1) is 5.92 Å². The second-order valence-corrected chi connectivity index (χ2v) is 7.80. The molecular weight excluding hydrogens is 310 g/mol. The summed E-state index contributed by atoms with van der Waals surface area (Å²) in [6.07, 6.45) is 0. The van der Waals surface area contributed by atoms with Gasteiger partial charge in [-0.25, -0.2) is 8.42 Å². The molecule has 0 aliphatic heterocycles. The van der Waals surface area contributed by atoms with Crippen molar-refractivity contribution >= 4 is 32.6 Å². The molecule has 0 spiro atoms. The molecule has 21 heavy (non-hydrogen) atoms. The molecule has 0 amide bonds. The Labute approximate surface area is 130 Å². The molecule has 1 aromatic heterocycles. The van der Waals surface area contributed by atoms with Gasteiger partial charge in [0.2, 0.25) is 10.0 Å². The third-order valence-corrected chi connectivity index (χ3v) is 6.31. The summed E-state index contributed by atoms with van der Waals surface area (Å²) in [5.74, 6) is 0.923. The molecule has 0 N–H and O–H groups in total. The van der Waals surface area contributed by atoms with E-state index in [-0.39, 0.29) is 17.7 Å². The summed E-state index contributed by atoms with van der Waals surface area (Å²) < 4.78 is 31.8. The SMILES string of the molecule is CC(CCl)CS(=O)(=O)N(C)C(C)c1cc2ccccc2o1. The van der Waals surface area contributed by atoms with Crippen LogP contribution in [-0.4, -0.2) is 31.4 Å². The quantitative estimate of drug-likeness (QED) is 0.760. The summed E-state index contributed by atoms with van der Waals surface area (Å²) in [5.41, 5.74) is 0.763. The molecule has 0 bridgehead atoms. The minimum atomic E-state index is -3.37. The van der Waals surface area contributed by atoms with Crippen LogP contribution < -0.4 is 0 Å². The Morgan fingerprint density at radius 2 is 1.95 bits per heavy atom. The van der Waals surface area contributed by atoms with Crippen LogP contribution in [0.25, 0.3) is 11.0 Å². The van der Waals surface area contributed by atoms with Crippen molar-refractivity contribution in [3.63, 3.8) is 0 Å². The van der Waals surface area contributed by atoms with Gasteiger partial charge in [-0.2, -0.15) is 4.31 Å². The van der Waals surface area contributed by atoms with Gasteiger partial charge in [-0.15, -0.1) is 11.6 Å². The number of sulfonamides is 1. The van der Waals surface area contributed by atoms with Crippen molar-refractivity contribution in [2.75, 3.05) is 18.7 Å². The molecule has 1 heterocycles. The fourth-order valence-electron chi connectivity index (χ4n) is 2.15. The Morgan fingerprint density at radius 3 is 2.57 bits per heavy atom. The molecule has 4 nitrogen and oxygen atoms in total. The first kappa shape index (κ1) is 16.3. The maximum Gasteiger partial charge on any atom is 0.214 e. The molecule has 6 heteroatoms. The number of alkyl halides is 1.